The second kappa shape index (κ2) is 9.67. The third-order valence-corrected chi connectivity index (χ3v) is 3.60. The van der Waals surface area contributed by atoms with Crippen molar-refractivity contribution in [2.45, 2.75) is 26.9 Å². The van der Waals surface area contributed by atoms with Gasteiger partial charge < -0.3 is 19.9 Å². The lowest BCUT2D eigenvalue weighted by atomic mass is 10.2. The average molecular weight is 330 g/mol. The topological polar surface area (TPSA) is 76.4 Å². The van der Waals surface area contributed by atoms with Gasteiger partial charge in [-0.05, 0) is 19.4 Å². The van der Waals surface area contributed by atoms with Crippen LogP contribution in [0.2, 0.25) is 0 Å². The fourth-order valence-electron chi connectivity index (χ4n) is 2.08. The molecule has 1 heterocycles. The molecule has 0 saturated heterocycles. The van der Waals surface area contributed by atoms with Gasteiger partial charge in [-0.1, -0.05) is 30.3 Å². The van der Waals surface area contributed by atoms with E-state index in [-0.39, 0.29) is 0 Å². The van der Waals surface area contributed by atoms with Crippen LogP contribution in [0.3, 0.4) is 0 Å². The number of hydrogen-bond donors (Lipinski definition) is 2. The first-order valence-corrected chi connectivity index (χ1v) is 8.19. The molecular weight excluding hydrogens is 304 g/mol. The zero-order valence-corrected chi connectivity index (χ0v) is 14.6. The Balaban J connectivity index is 1.94. The van der Waals surface area contributed by atoms with Gasteiger partial charge in [0.2, 0.25) is 0 Å². The molecule has 2 rings (SSSR count). The number of hydrogen-bond acceptors (Lipinski definition) is 4. The minimum atomic E-state index is 0.562. The molecule has 7 nitrogen and oxygen atoms in total. The molecular formula is C17H26N6O. The Morgan fingerprint density at radius 1 is 1.21 bits per heavy atom. The third kappa shape index (κ3) is 5.66. The lowest BCUT2D eigenvalue weighted by Gasteiger charge is -2.12. The van der Waals surface area contributed by atoms with Gasteiger partial charge in [0.1, 0.15) is 5.82 Å². The fourth-order valence-corrected chi connectivity index (χ4v) is 2.08. The number of ether oxygens (including phenoxy) is 1. The van der Waals surface area contributed by atoms with Gasteiger partial charge in [-0.2, -0.15) is 0 Å². The summed E-state index contributed by atoms with van der Waals surface area (Å²) >= 11 is 0. The number of nitrogens with zero attached hydrogens (tertiary/aromatic N) is 4. The first kappa shape index (κ1) is 17.9. The maximum absolute atomic E-state index is 5.36. The number of guanidine groups is 1. The van der Waals surface area contributed by atoms with E-state index in [1.807, 2.05) is 43.7 Å². The van der Waals surface area contributed by atoms with E-state index in [0.717, 1.165) is 23.2 Å². The number of rotatable bonds is 8. The van der Waals surface area contributed by atoms with Gasteiger partial charge in [-0.3, -0.25) is 0 Å². The Labute approximate surface area is 143 Å². The van der Waals surface area contributed by atoms with Crippen molar-refractivity contribution in [3.05, 3.63) is 47.5 Å². The Hall–Kier alpha value is -2.41. The summed E-state index contributed by atoms with van der Waals surface area (Å²) < 4.78 is 7.32. The van der Waals surface area contributed by atoms with Gasteiger partial charge in [0.25, 0.3) is 0 Å². The van der Waals surface area contributed by atoms with E-state index in [4.69, 9.17) is 4.74 Å². The monoisotopic (exact) mass is 330 g/mol. The molecule has 0 atom stereocenters. The highest BCUT2D eigenvalue weighted by molar-refractivity contribution is 5.79. The largest absolute Gasteiger partial charge is 0.380 e. The second-order valence-corrected chi connectivity index (χ2v) is 5.35. The summed E-state index contributed by atoms with van der Waals surface area (Å²) in [6.07, 6.45) is 0. The molecule has 0 aliphatic carbocycles. The van der Waals surface area contributed by atoms with Crippen molar-refractivity contribution in [1.82, 2.24) is 25.4 Å². The lowest BCUT2D eigenvalue weighted by molar-refractivity contribution is 0.152. The number of benzene rings is 1. The van der Waals surface area contributed by atoms with E-state index in [1.165, 1.54) is 0 Å². The van der Waals surface area contributed by atoms with Gasteiger partial charge in [0.15, 0.2) is 11.8 Å². The number of aryl methyl sites for hydroxylation is 1. The van der Waals surface area contributed by atoms with Gasteiger partial charge in [0, 0.05) is 20.2 Å². The van der Waals surface area contributed by atoms with Crippen molar-refractivity contribution >= 4 is 5.96 Å². The minimum absolute atomic E-state index is 0.562. The zero-order valence-electron chi connectivity index (χ0n) is 14.6. The molecule has 24 heavy (non-hydrogen) atoms. The van der Waals surface area contributed by atoms with E-state index in [0.29, 0.717) is 32.8 Å². The highest BCUT2D eigenvalue weighted by Gasteiger charge is 2.06. The number of aromatic nitrogens is 3. The standard InChI is InChI=1S/C17H26N6O/c1-4-24-11-10-18-17(19-12-15-8-6-5-7-9-15)20-13-16-22-21-14(2)23(16)3/h5-9H,4,10-13H2,1-3H3,(H2,18,19,20). The van der Waals surface area contributed by atoms with Crippen LogP contribution in [0.5, 0.6) is 0 Å². The molecule has 0 aliphatic rings. The Morgan fingerprint density at radius 3 is 2.67 bits per heavy atom. The summed E-state index contributed by atoms with van der Waals surface area (Å²) in [5, 5.41) is 14.8. The van der Waals surface area contributed by atoms with Crippen molar-refractivity contribution < 1.29 is 4.74 Å². The molecule has 130 valence electrons. The maximum Gasteiger partial charge on any atom is 0.192 e. The quantitative estimate of drug-likeness (QED) is 0.435. The van der Waals surface area contributed by atoms with E-state index < -0.39 is 0 Å². The average Bonchev–Trinajstić information content (AvgIpc) is 2.93. The summed E-state index contributed by atoms with van der Waals surface area (Å²) in [5.74, 6) is 2.49. The first-order chi connectivity index (χ1) is 11.7. The predicted octanol–water partition coefficient (Wildman–Crippen LogP) is 1.40. The second-order valence-electron chi connectivity index (χ2n) is 5.35. The molecule has 0 amide bonds. The molecule has 0 radical (unpaired) electrons. The summed E-state index contributed by atoms with van der Waals surface area (Å²) in [7, 11) is 1.95. The van der Waals surface area contributed by atoms with Gasteiger partial charge in [-0.15, -0.1) is 10.2 Å². The van der Waals surface area contributed by atoms with Crippen LogP contribution in [0, 0.1) is 6.92 Å². The van der Waals surface area contributed by atoms with E-state index in [9.17, 15) is 0 Å². The highest BCUT2D eigenvalue weighted by atomic mass is 16.5. The molecule has 1 aromatic heterocycles. The predicted molar refractivity (Wildman–Crippen MR) is 94.7 cm³/mol. The van der Waals surface area contributed by atoms with Crippen molar-refractivity contribution in [3.8, 4) is 0 Å². The minimum Gasteiger partial charge on any atom is -0.380 e. The van der Waals surface area contributed by atoms with Gasteiger partial charge >= 0.3 is 0 Å². The number of aliphatic imine (C=N–C) groups is 1. The van der Waals surface area contributed by atoms with Crippen LogP contribution < -0.4 is 10.6 Å². The molecule has 2 aromatic rings. The molecule has 2 N–H and O–H groups in total. The molecule has 7 heteroatoms. The zero-order chi connectivity index (χ0) is 17.2. The molecule has 0 fully saturated rings. The summed E-state index contributed by atoms with van der Waals surface area (Å²) in [5.41, 5.74) is 1.16. The maximum atomic E-state index is 5.36. The number of nitrogens with one attached hydrogen (secondary N) is 2. The summed E-state index contributed by atoms with van der Waals surface area (Å²) in [6, 6.07) is 10.2. The SMILES string of the molecule is CCOCCNC(=NCc1ccccc1)NCc1nnc(C)n1C. The van der Waals surface area contributed by atoms with Crippen LogP contribution in [0.15, 0.2) is 35.3 Å². The van der Waals surface area contributed by atoms with Crippen LogP contribution in [-0.2, 0) is 24.9 Å². The van der Waals surface area contributed by atoms with Gasteiger partial charge in [0.05, 0.1) is 19.7 Å². The van der Waals surface area contributed by atoms with Crippen molar-refractivity contribution in [2.24, 2.45) is 12.0 Å². The lowest BCUT2D eigenvalue weighted by Crippen LogP contribution is -2.39. The van der Waals surface area contributed by atoms with Gasteiger partial charge in [-0.25, -0.2) is 4.99 Å². The van der Waals surface area contributed by atoms with E-state index in [1.54, 1.807) is 0 Å². The Morgan fingerprint density at radius 2 is 2.00 bits per heavy atom. The molecule has 0 unspecified atom stereocenters. The van der Waals surface area contributed by atoms with Crippen LogP contribution >= 0.6 is 0 Å². The molecule has 0 aliphatic heterocycles. The first-order valence-electron chi connectivity index (χ1n) is 8.19. The normalized spacial score (nSPS) is 11.5. The Bertz CT molecular complexity index is 638. The van der Waals surface area contributed by atoms with Crippen LogP contribution in [0.1, 0.15) is 24.1 Å². The summed E-state index contributed by atoms with van der Waals surface area (Å²) in [4.78, 5) is 4.62. The fraction of sp³-hybridized carbons (Fsp3) is 0.471. The van der Waals surface area contributed by atoms with Crippen molar-refractivity contribution in [3.63, 3.8) is 0 Å². The smallest absolute Gasteiger partial charge is 0.192 e. The van der Waals surface area contributed by atoms with E-state index >= 15 is 0 Å². The third-order valence-electron chi connectivity index (χ3n) is 3.60. The van der Waals surface area contributed by atoms with Crippen LogP contribution in [0.4, 0.5) is 0 Å². The molecule has 0 saturated carbocycles. The van der Waals surface area contributed by atoms with E-state index in [2.05, 4.69) is 38.0 Å². The van der Waals surface area contributed by atoms with Crippen molar-refractivity contribution in [2.75, 3.05) is 19.8 Å². The van der Waals surface area contributed by atoms with Crippen LogP contribution in [-0.4, -0.2) is 40.5 Å². The molecule has 0 bridgehead atoms. The van der Waals surface area contributed by atoms with Crippen LogP contribution in [0.25, 0.3) is 0 Å². The highest BCUT2D eigenvalue weighted by Crippen LogP contribution is 2.00. The molecule has 1 aromatic carbocycles. The summed E-state index contributed by atoms with van der Waals surface area (Å²) in [6.45, 7) is 7.15. The Kier molecular flexibility index (Phi) is 7.22. The molecule has 0 spiro atoms. The van der Waals surface area contributed by atoms with Crippen molar-refractivity contribution in [1.29, 1.82) is 0 Å².